The van der Waals surface area contributed by atoms with Gasteiger partial charge in [0.2, 0.25) is 5.28 Å². The van der Waals surface area contributed by atoms with Gasteiger partial charge in [0.1, 0.15) is 10.6 Å². The Bertz CT molecular complexity index is 622. The van der Waals surface area contributed by atoms with Crippen LogP contribution < -0.4 is 5.32 Å². The van der Waals surface area contributed by atoms with Gasteiger partial charge in [-0.05, 0) is 63.5 Å². The van der Waals surface area contributed by atoms with Crippen molar-refractivity contribution in [1.29, 1.82) is 0 Å². The SMILES string of the molecule is CCN(CC)CCCCNc1nc(Cl)nc2sc(C)c(C)c12. The van der Waals surface area contributed by atoms with Gasteiger partial charge in [0.15, 0.2) is 0 Å². The predicted molar refractivity (Wildman–Crippen MR) is 97.4 cm³/mol. The highest BCUT2D eigenvalue weighted by molar-refractivity contribution is 7.18. The second-order valence-corrected chi connectivity index (χ2v) is 7.01. The van der Waals surface area contributed by atoms with Crippen molar-refractivity contribution in [2.24, 2.45) is 0 Å². The van der Waals surface area contributed by atoms with E-state index in [0.29, 0.717) is 5.28 Å². The van der Waals surface area contributed by atoms with Crippen LogP contribution in [0.1, 0.15) is 37.1 Å². The maximum Gasteiger partial charge on any atom is 0.225 e. The fourth-order valence-corrected chi connectivity index (χ4v) is 3.81. The zero-order valence-corrected chi connectivity index (χ0v) is 15.4. The summed E-state index contributed by atoms with van der Waals surface area (Å²) in [5.74, 6) is 0.875. The maximum absolute atomic E-state index is 6.04. The van der Waals surface area contributed by atoms with Gasteiger partial charge in [-0.15, -0.1) is 11.3 Å². The average molecular weight is 341 g/mol. The fraction of sp³-hybridized carbons (Fsp3) is 0.625. The lowest BCUT2D eigenvalue weighted by molar-refractivity contribution is 0.298. The van der Waals surface area contributed by atoms with Crippen LogP contribution in [0, 0.1) is 13.8 Å². The zero-order chi connectivity index (χ0) is 16.1. The molecule has 0 atom stereocenters. The van der Waals surface area contributed by atoms with Crippen molar-refractivity contribution in [2.75, 3.05) is 31.5 Å². The molecular formula is C16H25ClN4S. The predicted octanol–water partition coefficient (Wildman–Crippen LogP) is 4.50. The minimum atomic E-state index is 0.319. The van der Waals surface area contributed by atoms with Gasteiger partial charge in [-0.2, -0.15) is 0 Å². The monoisotopic (exact) mass is 340 g/mol. The van der Waals surface area contributed by atoms with Gasteiger partial charge in [0, 0.05) is 11.4 Å². The molecule has 2 aromatic heterocycles. The van der Waals surface area contributed by atoms with Gasteiger partial charge < -0.3 is 10.2 Å². The largest absolute Gasteiger partial charge is 0.369 e. The number of aryl methyl sites for hydroxylation is 2. The molecule has 0 unspecified atom stereocenters. The molecule has 122 valence electrons. The van der Waals surface area contributed by atoms with E-state index in [9.17, 15) is 0 Å². The molecule has 0 saturated carbocycles. The molecule has 0 aliphatic carbocycles. The van der Waals surface area contributed by atoms with Crippen LogP contribution in [0.5, 0.6) is 0 Å². The molecule has 6 heteroatoms. The summed E-state index contributed by atoms with van der Waals surface area (Å²) in [6.45, 7) is 13.0. The van der Waals surface area contributed by atoms with Crippen molar-refractivity contribution < 1.29 is 0 Å². The van der Waals surface area contributed by atoms with E-state index in [4.69, 9.17) is 11.6 Å². The molecule has 0 aromatic carbocycles. The van der Waals surface area contributed by atoms with Crippen LogP contribution in [-0.4, -0.2) is 41.0 Å². The van der Waals surface area contributed by atoms with Crippen LogP contribution in [-0.2, 0) is 0 Å². The number of thiophene rings is 1. The molecule has 0 spiro atoms. The van der Waals surface area contributed by atoms with Crippen molar-refractivity contribution in [3.8, 4) is 0 Å². The smallest absolute Gasteiger partial charge is 0.225 e. The minimum Gasteiger partial charge on any atom is -0.369 e. The summed E-state index contributed by atoms with van der Waals surface area (Å²) in [6.07, 6.45) is 2.32. The Labute approximate surface area is 141 Å². The molecule has 2 aromatic rings. The quantitative estimate of drug-likeness (QED) is 0.567. The van der Waals surface area contributed by atoms with E-state index in [1.807, 2.05) is 0 Å². The van der Waals surface area contributed by atoms with Crippen molar-refractivity contribution in [3.05, 3.63) is 15.7 Å². The minimum absolute atomic E-state index is 0.319. The van der Waals surface area contributed by atoms with Crippen LogP contribution in [0.3, 0.4) is 0 Å². The van der Waals surface area contributed by atoms with Gasteiger partial charge in [0.25, 0.3) is 0 Å². The lowest BCUT2D eigenvalue weighted by Crippen LogP contribution is -2.24. The number of nitrogens with one attached hydrogen (secondary N) is 1. The average Bonchev–Trinajstić information content (AvgIpc) is 2.77. The van der Waals surface area contributed by atoms with E-state index in [0.717, 1.165) is 48.6 Å². The number of nitrogens with zero attached hydrogens (tertiary/aromatic N) is 3. The van der Waals surface area contributed by atoms with Crippen molar-refractivity contribution >= 4 is 39.0 Å². The van der Waals surface area contributed by atoms with Crippen LogP contribution in [0.15, 0.2) is 0 Å². The van der Waals surface area contributed by atoms with Crippen LogP contribution >= 0.6 is 22.9 Å². The molecular weight excluding hydrogens is 316 g/mol. The van der Waals surface area contributed by atoms with E-state index in [1.165, 1.54) is 16.9 Å². The number of fused-ring (bicyclic) bond motifs is 1. The molecule has 0 saturated heterocycles. The summed E-state index contributed by atoms with van der Waals surface area (Å²) in [5.41, 5.74) is 1.25. The summed E-state index contributed by atoms with van der Waals surface area (Å²) in [4.78, 5) is 13.4. The van der Waals surface area contributed by atoms with Crippen molar-refractivity contribution in [2.45, 2.75) is 40.5 Å². The molecule has 0 aliphatic rings. The summed E-state index contributed by atoms with van der Waals surface area (Å²) in [6, 6.07) is 0. The third-order valence-corrected chi connectivity index (χ3v) is 5.36. The number of hydrogen-bond acceptors (Lipinski definition) is 5. The molecule has 0 aliphatic heterocycles. The Kier molecular flexibility index (Phi) is 6.41. The summed E-state index contributed by atoms with van der Waals surface area (Å²) in [5, 5.41) is 4.88. The highest BCUT2D eigenvalue weighted by atomic mass is 35.5. The van der Waals surface area contributed by atoms with Crippen molar-refractivity contribution in [1.82, 2.24) is 14.9 Å². The van der Waals surface area contributed by atoms with Crippen molar-refractivity contribution in [3.63, 3.8) is 0 Å². The molecule has 0 bridgehead atoms. The first kappa shape index (κ1) is 17.4. The number of anilines is 1. The van der Waals surface area contributed by atoms with E-state index < -0.39 is 0 Å². The number of halogens is 1. The van der Waals surface area contributed by atoms with Crippen LogP contribution in [0.2, 0.25) is 5.28 Å². The van der Waals surface area contributed by atoms with Crippen LogP contribution in [0.25, 0.3) is 10.2 Å². The Morgan fingerprint density at radius 1 is 1.14 bits per heavy atom. The lowest BCUT2D eigenvalue weighted by atomic mass is 10.2. The Morgan fingerprint density at radius 3 is 2.55 bits per heavy atom. The molecule has 0 radical (unpaired) electrons. The van der Waals surface area contributed by atoms with E-state index in [2.05, 4.69) is 47.9 Å². The first-order valence-electron chi connectivity index (χ1n) is 7.96. The number of rotatable bonds is 8. The Hall–Kier alpha value is -0.910. The first-order chi connectivity index (χ1) is 10.6. The topological polar surface area (TPSA) is 41.0 Å². The Balaban J connectivity index is 1.97. The van der Waals surface area contributed by atoms with Gasteiger partial charge in [-0.25, -0.2) is 9.97 Å². The molecule has 4 nitrogen and oxygen atoms in total. The lowest BCUT2D eigenvalue weighted by Gasteiger charge is -2.17. The maximum atomic E-state index is 6.04. The molecule has 2 rings (SSSR count). The standard InChI is InChI=1S/C16H25ClN4S/c1-5-21(6-2)10-8-7-9-18-14-13-11(3)12(4)22-15(13)20-16(17)19-14/h5-10H2,1-4H3,(H,18,19,20). The second-order valence-electron chi connectivity index (χ2n) is 5.47. The normalized spacial score (nSPS) is 11.5. The highest BCUT2D eigenvalue weighted by Gasteiger charge is 2.13. The number of hydrogen-bond donors (Lipinski definition) is 1. The van der Waals surface area contributed by atoms with Gasteiger partial charge in [-0.1, -0.05) is 13.8 Å². The molecule has 2 heterocycles. The summed E-state index contributed by atoms with van der Waals surface area (Å²) in [7, 11) is 0. The highest BCUT2D eigenvalue weighted by Crippen LogP contribution is 2.33. The van der Waals surface area contributed by atoms with Gasteiger partial charge in [0.05, 0.1) is 5.39 Å². The van der Waals surface area contributed by atoms with Gasteiger partial charge in [-0.3, -0.25) is 0 Å². The summed E-state index contributed by atoms with van der Waals surface area (Å²) >= 11 is 7.72. The third-order valence-electron chi connectivity index (χ3n) is 4.09. The molecule has 22 heavy (non-hydrogen) atoms. The molecule has 0 amide bonds. The van der Waals surface area contributed by atoms with Crippen LogP contribution in [0.4, 0.5) is 5.82 Å². The van der Waals surface area contributed by atoms with Gasteiger partial charge >= 0.3 is 0 Å². The second kappa shape index (κ2) is 8.09. The van der Waals surface area contributed by atoms with E-state index in [1.54, 1.807) is 11.3 Å². The molecule has 1 N–H and O–H groups in total. The first-order valence-corrected chi connectivity index (χ1v) is 9.15. The Morgan fingerprint density at radius 2 is 1.86 bits per heavy atom. The molecule has 0 fully saturated rings. The fourth-order valence-electron chi connectivity index (χ4n) is 2.56. The number of unbranched alkanes of at least 4 members (excludes halogenated alkanes) is 1. The van der Waals surface area contributed by atoms with E-state index >= 15 is 0 Å². The number of aromatic nitrogens is 2. The third kappa shape index (κ3) is 4.09. The zero-order valence-electron chi connectivity index (χ0n) is 13.9. The van der Waals surface area contributed by atoms with E-state index in [-0.39, 0.29) is 0 Å². The summed E-state index contributed by atoms with van der Waals surface area (Å²) < 4.78 is 0.